The van der Waals surface area contributed by atoms with Crippen molar-refractivity contribution in [1.29, 1.82) is 0 Å². The molecule has 0 spiro atoms. The summed E-state index contributed by atoms with van der Waals surface area (Å²) in [5.74, 6) is 0.486. The molecule has 0 bridgehead atoms. The van der Waals surface area contributed by atoms with Gasteiger partial charge in [-0.25, -0.2) is 0 Å². The second kappa shape index (κ2) is 4.77. The Morgan fingerprint density at radius 1 is 1.56 bits per heavy atom. The zero-order valence-electron chi connectivity index (χ0n) is 6.55. The van der Waals surface area contributed by atoms with Gasteiger partial charge in [0.05, 0.1) is 6.10 Å². The summed E-state index contributed by atoms with van der Waals surface area (Å²) in [4.78, 5) is 0. The predicted octanol–water partition coefficient (Wildman–Crippen LogP) is 1.01. The summed E-state index contributed by atoms with van der Waals surface area (Å²) in [5.41, 5.74) is 5.44. The van der Waals surface area contributed by atoms with Gasteiger partial charge >= 0.3 is 0 Å². The first-order valence-corrected chi connectivity index (χ1v) is 3.49. The minimum atomic E-state index is 0.343. The summed E-state index contributed by atoms with van der Waals surface area (Å²) in [6.07, 6.45) is 1.39. The van der Waals surface area contributed by atoms with Gasteiger partial charge in [0, 0.05) is 7.11 Å². The zero-order chi connectivity index (χ0) is 7.28. The highest BCUT2D eigenvalue weighted by molar-refractivity contribution is 4.63. The van der Waals surface area contributed by atoms with Gasteiger partial charge in [-0.1, -0.05) is 13.8 Å². The zero-order valence-corrected chi connectivity index (χ0v) is 6.55. The van der Waals surface area contributed by atoms with Crippen LogP contribution in [0.4, 0.5) is 0 Å². The van der Waals surface area contributed by atoms with Crippen LogP contribution in [0.3, 0.4) is 0 Å². The van der Waals surface area contributed by atoms with Crippen molar-refractivity contribution in [3.8, 4) is 0 Å². The van der Waals surface area contributed by atoms with Gasteiger partial charge in [0.25, 0.3) is 0 Å². The third-order valence-corrected chi connectivity index (χ3v) is 1.71. The summed E-state index contributed by atoms with van der Waals surface area (Å²) in [6.45, 7) is 4.93. The fourth-order valence-electron chi connectivity index (χ4n) is 0.953. The molecule has 0 rings (SSSR count). The second-order valence-electron chi connectivity index (χ2n) is 2.40. The average molecular weight is 131 g/mol. The van der Waals surface area contributed by atoms with Crippen LogP contribution in [0, 0.1) is 5.92 Å². The highest BCUT2D eigenvalue weighted by Crippen LogP contribution is 2.07. The lowest BCUT2D eigenvalue weighted by atomic mass is 10.0. The Labute approximate surface area is 57.4 Å². The molecule has 2 unspecified atom stereocenters. The Kier molecular flexibility index (Phi) is 4.72. The summed E-state index contributed by atoms with van der Waals surface area (Å²) >= 11 is 0. The first-order chi connectivity index (χ1) is 4.26. The van der Waals surface area contributed by atoms with E-state index in [9.17, 15) is 0 Å². The molecule has 2 nitrogen and oxygen atoms in total. The van der Waals surface area contributed by atoms with E-state index in [2.05, 4.69) is 13.8 Å². The topological polar surface area (TPSA) is 35.2 Å². The molecule has 2 atom stereocenters. The van der Waals surface area contributed by atoms with E-state index in [1.54, 1.807) is 7.11 Å². The van der Waals surface area contributed by atoms with E-state index in [0.717, 1.165) is 6.42 Å². The van der Waals surface area contributed by atoms with Crippen molar-refractivity contribution in [2.24, 2.45) is 11.7 Å². The summed E-state index contributed by atoms with van der Waals surface area (Å²) in [5, 5.41) is 0. The summed E-state index contributed by atoms with van der Waals surface area (Å²) < 4.78 is 5.17. The van der Waals surface area contributed by atoms with E-state index in [4.69, 9.17) is 10.5 Å². The molecule has 9 heavy (non-hydrogen) atoms. The molecule has 0 aromatic rings. The Balaban J connectivity index is 3.50. The SMILES string of the molecule is CCC(OC)C(C)CN. The molecule has 2 N–H and O–H groups in total. The molecule has 0 heterocycles. The number of ether oxygens (including phenoxy) is 1. The minimum absolute atomic E-state index is 0.343. The van der Waals surface area contributed by atoms with E-state index in [-0.39, 0.29) is 0 Å². The fourth-order valence-corrected chi connectivity index (χ4v) is 0.953. The molecule has 0 saturated heterocycles. The lowest BCUT2D eigenvalue weighted by Gasteiger charge is -2.18. The van der Waals surface area contributed by atoms with Gasteiger partial charge in [0.2, 0.25) is 0 Å². The van der Waals surface area contributed by atoms with Crippen molar-refractivity contribution in [1.82, 2.24) is 0 Å². The van der Waals surface area contributed by atoms with Gasteiger partial charge in [0.1, 0.15) is 0 Å². The second-order valence-corrected chi connectivity index (χ2v) is 2.40. The van der Waals surface area contributed by atoms with Gasteiger partial charge in [-0.15, -0.1) is 0 Å². The van der Waals surface area contributed by atoms with Crippen LogP contribution in [-0.2, 0) is 4.74 Å². The lowest BCUT2D eigenvalue weighted by Crippen LogP contribution is -2.26. The van der Waals surface area contributed by atoms with Gasteiger partial charge in [-0.2, -0.15) is 0 Å². The van der Waals surface area contributed by atoms with Gasteiger partial charge in [-0.05, 0) is 18.9 Å². The maximum atomic E-state index is 5.44. The minimum Gasteiger partial charge on any atom is -0.381 e. The Morgan fingerprint density at radius 3 is 2.22 bits per heavy atom. The molecule has 0 aliphatic rings. The molecule has 0 aliphatic heterocycles. The average Bonchev–Trinajstić information content (AvgIpc) is 1.90. The quantitative estimate of drug-likeness (QED) is 0.618. The molecule has 0 saturated carbocycles. The van der Waals surface area contributed by atoms with E-state index in [1.165, 1.54) is 0 Å². The van der Waals surface area contributed by atoms with Crippen LogP contribution in [0.2, 0.25) is 0 Å². The molecule has 56 valence electrons. The molecule has 2 heteroatoms. The molecular formula is C7H17NO. The predicted molar refractivity (Wildman–Crippen MR) is 39.3 cm³/mol. The molecule has 0 aromatic carbocycles. The van der Waals surface area contributed by atoms with E-state index < -0.39 is 0 Å². The van der Waals surface area contributed by atoms with Crippen LogP contribution in [0.1, 0.15) is 20.3 Å². The molecule has 0 aliphatic carbocycles. The third-order valence-electron chi connectivity index (χ3n) is 1.71. The number of hydrogen-bond donors (Lipinski definition) is 1. The maximum absolute atomic E-state index is 5.44. The number of nitrogens with two attached hydrogens (primary N) is 1. The summed E-state index contributed by atoms with van der Waals surface area (Å²) in [7, 11) is 1.74. The highest BCUT2D eigenvalue weighted by atomic mass is 16.5. The van der Waals surface area contributed by atoms with E-state index >= 15 is 0 Å². The Morgan fingerprint density at radius 2 is 2.11 bits per heavy atom. The van der Waals surface area contributed by atoms with Crippen LogP contribution in [0.25, 0.3) is 0 Å². The van der Waals surface area contributed by atoms with Crippen molar-refractivity contribution in [2.75, 3.05) is 13.7 Å². The van der Waals surface area contributed by atoms with Gasteiger partial charge in [0.15, 0.2) is 0 Å². The largest absolute Gasteiger partial charge is 0.381 e. The van der Waals surface area contributed by atoms with Crippen molar-refractivity contribution in [3.05, 3.63) is 0 Å². The monoisotopic (exact) mass is 131 g/mol. The van der Waals surface area contributed by atoms with Crippen LogP contribution >= 0.6 is 0 Å². The summed E-state index contributed by atoms with van der Waals surface area (Å²) in [6, 6.07) is 0. The third kappa shape index (κ3) is 2.82. The molecule has 0 amide bonds. The lowest BCUT2D eigenvalue weighted by molar-refractivity contribution is 0.0587. The first kappa shape index (κ1) is 8.92. The number of hydrogen-bond acceptors (Lipinski definition) is 2. The van der Waals surface area contributed by atoms with Gasteiger partial charge in [-0.3, -0.25) is 0 Å². The first-order valence-electron chi connectivity index (χ1n) is 3.49. The van der Waals surface area contributed by atoms with Crippen molar-refractivity contribution < 1.29 is 4.74 Å². The fraction of sp³-hybridized carbons (Fsp3) is 1.00. The molecule has 0 radical (unpaired) electrons. The van der Waals surface area contributed by atoms with Crippen LogP contribution in [0.5, 0.6) is 0 Å². The van der Waals surface area contributed by atoms with Crippen molar-refractivity contribution >= 4 is 0 Å². The maximum Gasteiger partial charge on any atom is 0.0606 e. The van der Waals surface area contributed by atoms with Crippen LogP contribution < -0.4 is 5.73 Å². The van der Waals surface area contributed by atoms with Crippen molar-refractivity contribution in [3.63, 3.8) is 0 Å². The standard InChI is InChI=1S/C7H17NO/c1-4-7(9-3)6(2)5-8/h6-7H,4-5,8H2,1-3H3. The van der Waals surface area contributed by atoms with E-state index in [0.29, 0.717) is 18.6 Å². The van der Waals surface area contributed by atoms with Crippen LogP contribution in [-0.4, -0.2) is 19.8 Å². The van der Waals surface area contributed by atoms with Crippen LogP contribution in [0.15, 0.2) is 0 Å². The van der Waals surface area contributed by atoms with Gasteiger partial charge < -0.3 is 10.5 Å². The molecular weight excluding hydrogens is 114 g/mol. The number of methoxy groups -OCH3 is 1. The smallest absolute Gasteiger partial charge is 0.0606 e. The Hall–Kier alpha value is -0.0800. The molecule has 0 fully saturated rings. The number of rotatable bonds is 4. The molecule has 0 aromatic heterocycles. The van der Waals surface area contributed by atoms with E-state index in [1.807, 2.05) is 0 Å². The highest BCUT2D eigenvalue weighted by Gasteiger charge is 2.11. The Bertz CT molecular complexity index is 61.9. The van der Waals surface area contributed by atoms with Crippen molar-refractivity contribution in [2.45, 2.75) is 26.4 Å². The normalized spacial score (nSPS) is 17.3.